The second-order valence-electron chi connectivity index (χ2n) is 5.16. The second-order valence-corrected chi connectivity index (χ2v) is 5.16. The maximum atomic E-state index is 12.4. The molecule has 1 aromatic heterocycles. The van der Waals surface area contributed by atoms with Crippen LogP contribution in [0.3, 0.4) is 0 Å². The predicted molar refractivity (Wildman–Crippen MR) is 70.9 cm³/mol. The van der Waals surface area contributed by atoms with Crippen LogP contribution in [0.1, 0.15) is 16.1 Å². The number of hydrogen-bond donors (Lipinski definition) is 1. The van der Waals surface area contributed by atoms with Gasteiger partial charge in [-0.3, -0.25) is 9.48 Å². The number of amides is 1. The van der Waals surface area contributed by atoms with Crippen LogP contribution in [0.2, 0.25) is 0 Å². The average molecular weight is 271 g/mol. The highest BCUT2D eigenvalue weighted by molar-refractivity contribution is 5.95. The summed E-state index contributed by atoms with van der Waals surface area (Å²) in [5, 5.41) is 7.52. The van der Waals surface area contributed by atoms with Crippen LogP contribution in [-0.2, 0) is 7.05 Å². The molecule has 2 aliphatic rings. The fourth-order valence-electron chi connectivity index (χ4n) is 2.90. The average Bonchev–Trinajstić information content (AvgIpc) is 2.94. The van der Waals surface area contributed by atoms with Crippen LogP contribution in [0.25, 0.3) is 0 Å². The van der Waals surface area contributed by atoms with Crippen molar-refractivity contribution in [3.63, 3.8) is 0 Å². The van der Waals surface area contributed by atoms with Gasteiger partial charge in [-0.1, -0.05) is 0 Å². The normalized spacial score (nSPS) is 26.0. The number of nitrogens with one attached hydrogen (secondary N) is 1. The van der Waals surface area contributed by atoms with Crippen LogP contribution in [0.5, 0.6) is 0 Å². The first kappa shape index (κ1) is 13.4. The van der Waals surface area contributed by atoms with Crippen molar-refractivity contribution >= 4 is 18.3 Å². The molecule has 0 saturated carbocycles. The lowest BCUT2D eigenvalue weighted by Gasteiger charge is -2.17. The molecule has 1 aromatic rings. The number of rotatable bonds is 1. The van der Waals surface area contributed by atoms with Gasteiger partial charge in [0.25, 0.3) is 5.91 Å². The fourth-order valence-corrected chi connectivity index (χ4v) is 2.90. The number of aromatic nitrogens is 2. The highest BCUT2D eigenvalue weighted by Crippen LogP contribution is 2.27. The number of halogens is 1. The molecular weight excluding hydrogens is 252 g/mol. The minimum absolute atomic E-state index is 0. The molecule has 1 amide bonds. The van der Waals surface area contributed by atoms with Gasteiger partial charge in [0.05, 0.1) is 11.8 Å². The summed E-state index contributed by atoms with van der Waals surface area (Å²) in [4.78, 5) is 14.4. The van der Waals surface area contributed by atoms with Crippen molar-refractivity contribution in [2.24, 2.45) is 18.9 Å². The largest absolute Gasteiger partial charge is 0.338 e. The van der Waals surface area contributed by atoms with Crippen LogP contribution < -0.4 is 5.32 Å². The maximum absolute atomic E-state index is 12.4. The monoisotopic (exact) mass is 270 g/mol. The molecule has 2 atom stereocenters. The van der Waals surface area contributed by atoms with E-state index in [0.717, 1.165) is 37.4 Å². The van der Waals surface area contributed by atoms with Gasteiger partial charge in [0.2, 0.25) is 0 Å². The van der Waals surface area contributed by atoms with E-state index >= 15 is 0 Å². The van der Waals surface area contributed by atoms with Gasteiger partial charge in [-0.05, 0) is 18.8 Å². The van der Waals surface area contributed by atoms with E-state index < -0.39 is 0 Å². The summed E-state index contributed by atoms with van der Waals surface area (Å²) in [7, 11) is 1.87. The molecule has 1 N–H and O–H groups in total. The van der Waals surface area contributed by atoms with E-state index in [1.54, 1.807) is 10.9 Å². The Bertz CT molecular complexity index is 447. The summed E-state index contributed by atoms with van der Waals surface area (Å²) in [6.45, 7) is 5.84. The highest BCUT2D eigenvalue weighted by Gasteiger charge is 2.38. The van der Waals surface area contributed by atoms with E-state index in [4.69, 9.17) is 0 Å². The molecule has 2 aliphatic heterocycles. The van der Waals surface area contributed by atoms with Gasteiger partial charge in [-0.25, -0.2) is 0 Å². The zero-order valence-corrected chi connectivity index (χ0v) is 11.5. The smallest absolute Gasteiger partial charge is 0.257 e. The number of likely N-dealkylation sites (tertiary alicyclic amines) is 1. The van der Waals surface area contributed by atoms with Gasteiger partial charge >= 0.3 is 0 Å². The SMILES string of the molecule is Cc1c(C(=O)N2C[C@H]3CNC[C@H]3C2)cnn1C.Cl. The van der Waals surface area contributed by atoms with Gasteiger partial charge < -0.3 is 10.2 Å². The van der Waals surface area contributed by atoms with Crippen LogP contribution >= 0.6 is 12.4 Å². The van der Waals surface area contributed by atoms with E-state index in [1.807, 2.05) is 18.9 Å². The molecule has 5 nitrogen and oxygen atoms in total. The van der Waals surface area contributed by atoms with Crippen molar-refractivity contribution < 1.29 is 4.79 Å². The molecule has 3 heterocycles. The van der Waals surface area contributed by atoms with Gasteiger partial charge in [-0.15, -0.1) is 12.4 Å². The number of nitrogens with zero attached hydrogens (tertiary/aromatic N) is 3. The zero-order chi connectivity index (χ0) is 12.0. The lowest BCUT2D eigenvalue weighted by Crippen LogP contribution is -2.32. The summed E-state index contributed by atoms with van der Waals surface area (Å²) in [5.74, 6) is 1.44. The Balaban J connectivity index is 0.00000120. The zero-order valence-electron chi connectivity index (χ0n) is 10.7. The Morgan fingerprint density at radius 1 is 1.39 bits per heavy atom. The first-order valence-electron chi connectivity index (χ1n) is 6.15. The number of fused-ring (bicyclic) bond motifs is 1. The Labute approximate surface area is 113 Å². The van der Waals surface area contributed by atoms with E-state index in [0.29, 0.717) is 11.8 Å². The van der Waals surface area contributed by atoms with Crippen LogP contribution in [0, 0.1) is 18.8 Å². The molecule has 2 fully saturated rings. The Kier molecular flexibility index (Phi) is 3.64. The van der Waals surface area contributed by atoms with Crippen molar-refractivity contribution in [1.82, 2.24) is 20.0 Å². The highest BCUT2D eigenvalue weighted by atomic mass is 35.5. The van der Waals surface area contributed by atoms with E-state index in [1.165, 1.54) is 0 Å². The third-order valence-corrected chi connectivity index (χ3v) is 4.14. The van der Waals surface area contributed by atoms with E-state index in [-0.39, 0.29) is 18.3 Å². The molecule has 0 spiro atoms. The summed E-state index contributed by atoms with van der Waals surface area (Å²) < 4.78 is 1.76. The van der Waals surface area contributed by atoms with Crippen LogP contribution in [-0.4, -0.2) is 46.8 Å². The molecular formula is C12H19ClN4O. The van der Waals surface area contributed by atoms with Gasteiger partial charge in [0.15, 0.2) is 0 Å². The lowest BCUT2D eigenvalue weighted by atomic mass is 10.0. The second kappa shape index (κ2) is 4.90. The molecule has 100 valence electrons. The summed E-state index contributed by atoms with van der Waals surface area (Å²) in [5.41, 5.74) is 1.70. The van der Waals surface area contributed by atoms with E-state index in [9.17, 15) is 4.79 Å². The minimum atomic E-state index is 0. The molecule has 0 aliphatic carbocycles. The first-order chi connectivity index (χ1) is 8.16. The Hall–Kier alpha value is -1.07. The topological polar surface area (TPSA) is 50.2 Å². The predicted octanol–water partition coefficient (Wildman–Crippen LogP) is 0.442. The summed E-state index contributed by atoms with van der Waals surface area (Å²) in [6.07, 6.45) is 1.68. The Morgan fingerprint density at radius 2 is 2.00 bits per heavy atom. The number of hydrogen-bond acceptors (Lipinski definition) is 3. The third-order valence-electron chi connectivity index (χ3n) is 4.14. The number of carbonyl (C=O) groups excluding carboxylic acids is 1. The van der Waals surface area contributed by atoms with Gasteiger partial charge in [-0.2, -0.15) is 5.10 Å². The standard InChI is InChI=1S/C12H18N4O.ClH/c1-8-11(5-14-15(8)2)12(17)16-6-9-3-13-4-10(9)7-16;/h5,9-10,13H,3-4,6-7H2,1-2H3;1H/t9-,10+;. The molecule has 0 unspecified atom stereocenters. The maximum Gasteiger partial charge on any atom is 0.257 e. The fraction of sp³-hybridized carbons (Fsp3) is 0.667. The molecule has 2 saturated heterocycles. The molecule has 0 aromatic carbocycles. The molecule has 0 radical (unpaired) electrons. The van der Waals surface area contributed by atoms with Crippen LogP contribution in [0.15, 0.2) is 6.20 Å². The third kappa shape index (κ3) is 2.01. The number of aryl methyl sites for hydroxylation is 1. The number of carbonyl (C=O) groups is 1. The first-order valence-corrected chi connectivity index (χ1v) is 6.15. The van der Waals surface area contributed by atoms with Crippen molar-refractivity contribution in [2.45, 2.75) is 6.92 Å². The van der Waals surface area contributed by atoms with Crippen molar-refractivity contribution in [3.05, 3.63) is 17.5 Å². The summed E-state index contributed by atoms with van der Waals surface area (Å²) in [6, 6.07) is 0. The van der Waals surface area contributed by atoms with Crippen LogP contribution in [0.4, 0.5) is 0 Å². The van der Waals surface area contributed by atoms with Gasteiger partial charge in [0.1, 0.15) is 0 Å². The van der Waals surface area contributed by atoms with E-state index in [2.05, 4.69) is 10.4 Å². The quantitative estimate of drug-likeness (QED) is 0.806. The van der Waals surface area contributed by atoms with Crippen molar-refractivity contribution in [2.75, 3.05) is 26.2 Å². The molecule has 18 heavy (non-hydrogen) atoms. The van der Waals surface area contributed by atoms with Crippen molar-refractivity contribution in [3.8, 4) is 0 Å². The lowest BCUT2D eigenvalue weighted by molar-refractivity contribution is 0.0781. The Morgan fingerprint density at radius 3 is 2.50 bits per heavy atom. The molecule has 0 bridgehead atoms. The van der Waals surface area contributed by atoms with Gasteiger partial charge in [0, 0.05) is 38.9 Å². The minimum Gasteiger partial charge on any atom is -0.338 e. The molecule has 3 rings (SSSR count). The summed E-state index contributed by atoms with van der Waals surface area (Å²) >= 11 is 0. The van der Waals surface area contributed by atoms with Crippen molar-refractivity contribution in [1.29, 1.82) is 0 Å². The molecule has 6 heteroatoms.